The van der Waals surface area contributed by atoms with Crippen molar-refractivity contribution in [1.82, 2.24) is 14.5 Å². The lowest BCUT2D eigenvalue weighted by Crippen LogP contribution is -2.07. The highest BCUT2D eigenvalue weighted by Crippen LogP contribution is 2.29. The van der Waals surface area contributed by atoms with Crippen molar-refractivity contribution in [3.8, 4) is 11.3 Å². The van der Waals surface area contributed by atoms with Crippen LogP contribution in [0.15, 0.2) is 96.2 Å². The smallest absolute Gasteiger partial charge is 0.175 e. The van der Waals surface area contributed by atoms with Gasteiger partial charge in [-0.05, 0) is 66.1 Å². The van der Waals surface area contributed by atoms with Gasteiger partial charge in [0.05, 0.1) is 21.4 Å². The first-order valence-electron chi connectivity index (χ1n) is 12.6. The molecule has 0 radical (unpaired) electrons. The van der Waals surface area contributed by atoms with Crippen LogP contribution in [0.2, 0.25) is 0 Å². The zero-order valence-corrected chi connectivity index (χ0v) is 24.2. The molecule has 1 unspecified atom stereocenters. The van der Waals surface area contributed by atoms with Crippen LogP contribution in [-0.2, 0) is 26.7 Å². The van der Waals surface area contributed by atoms with E-state index in [2.05, 4.69) is 4.98 Å². The first-order valence-corrected chi connectivity index (χ1v) is 16.4. The Bertz CT molecular complexity index is 1970. The maximum Gasteiger partial charge on any atom is 0.175 e. The highest BCUT2D eigenvalue weighted by atomic mass is 32.2. The minimum absolute atomic E-state index is 0.262. The number of hydrogen-bond donors (Lipinski definition) is 0. The van der Waals surface area contributed by atoms with Crippen LogP contribution in [0.1, 0.15) is 34.7 Å². The van der Waals surface area contributed by atoms with Crippen molar-refractivity contribution in [2.24, 2.45) is 7.05 Å². The van der Waals surface area contributed by atoms with Crippen LogP contribution in [0.5, 0.6) is 0 Å². The van der Waals surface area contributed by atoms with E-state index in [4.69, 9.17) is 4.98 Å². The molecule has 0 N–H and O–H groups in total. The molecule has 0 aliphatic heterocycles. The van der Waals surface area contributed by atoms with Gasteiger partial charge in [0.2, 0.25) is 0 Å². The number of nitrogens with zero attached hydrogens (tertiary/aromatic N) is 3. The van der Waals surface area contributed by atoms with Crippen LogP contribution in [0.4, 0.5) is 0 Å². The highest BCUT2D eigenvalue weighted by molar-refractivity contribution is 7.91. The Hall–Kier alpha value is -4.08. The predicted octanol–water partition coefficient (Wildman–Crippen LogP) is 5.73. The Morgan fingerprint density at radius 1 is 0.900 bits per heavy atom. The lowest BCUT2D eigenvalue weighted by Gasteiger charge is -2.12. The molecule has 2 aromatic heterocycles. The molecule has 40 heavy (non-hydrogen) atoms. The van der Waals surface area contributed by atoms with Crippen molar-refractivity contribution >= 4 is 42.2 Å². The van der Waals surface area contributed by atoms with Gasteiger partial charge in [0.1, 0.15) is 5.82 Å². The second-order valence-corrected chi connectivity index (χ2v) is 14.3. The average Bonchev–Trinajstić information content (AvgIpc) is 3.35. The molecule has 1 atom stereocenters. The van der Waals surface area contributed by atoms with Gasteiger partial charge in [-0.15, -0.1) is 0 Å². The number of rotatable bonds is 7. The Balaban J connectivity index is 1.54. The number of imidazole rings is 1. The minimum Gasteiger partial charge on any atom is -0.334 e. The topological polar surface area (TPSA) is 99.0 Å². The molecule has 5 rings (SSSR count). The van der Waals surface area contributed by atoms with E-state index in [1.165, 1.54) is 12.5 Å². The fourth-order valence-corrected chi connectivity index (χ4v) is 5.81. The molecule has 0 bridgehead atoms. The van der Waals surface area contributed by atoms with Crippen molar-refractivity contribution in [3.05, 3.63) is 114 Å². The largest absolute Gasteiger partial charge is 0.334 e. The maximum atomic E-state index is 12.0. The molecule has 3 aromatic carbocycles. The van der Waals surface area contributed by atoms with E-state index in [0.29, 0.717) is 0 Å². The third kappa shape index (κ3) is 5.76. The molecule has 204 valence electrons. The van der Waals surface area contributed by atoms with Crippen LogP contribution < -0.4 is 0 Å². The maximum absolute atomic E-state index is 12.0. The third-order valence-electron chi connectivity index (χ3n) is 6.97. The SMILES string of the molecule is CC(c1ccc2nc(-c3cccc(/C=C(/c4ccc(S(C)(=O)=O)cc4)c4nccn4C)c3)ccc2c1)S(C)(=O)=O. The monoisotopic (exact) mass is 571 g/mol. The molecule has 2 heterocycles. The number of sulfone groups is 2. The van der Waals surface area contributed by atoms with E-state index >= 15 is 0 Å². The van der Waals surface area contributed by atoms with E-state index in [1.54, 1.807) is 37.4 Å². The molecule has 7 nitrogen and oxygen atoms in total. The van der Waals surface area contributed by atoms with Gasteiger partial charge < -0.3 is 4.57 Å². The highest BCUT2D eigenvalue weighted by Gasteiger charge is 2.18. The fourth-order valence-electron chi connectivity index (χ4n) is 4.54. The summed E-state index contributed by atoms with van der Waals surface area (Å²) in [4.78, 5) is 9.64. The van der Waals surface area contributed by atoms with Crippen LogP contribution in [0, 0.1) is 0 Å². The summed E-state index contributed by atoms with van der Waals surface area (Å²) >= 11 is 0. The summed E-state index contributed by atoms with van der Waals surface area (Å²) < 4.78 is 49.9. The number of benzene rings is 3. The van der Waals surface area contributed by atoms with E-state index in [9.17, 15) is 16.8 Å². The molecule has 5 aromatic rings. The van der Waals surface area contributed by atoms with Gasteiger partial charge in [0.25, 0.3) is 0 Å². The third-order valence-corrected chi connectivity index (χ3v) is 9.66. The lowest BCUT2D eigenvalue weighted by molar-refractivity contribution is 0.592. The number of fused-ring (bicyclic) bond motifs is 1. The summed E-state index contributed by atoms with van der Waals surface area (Å²) in [7, 11) is -4.59. The Morgan fingerprint density at radius 2 is 1.65 bits per heavy atom. The lowest BCUT2D eigenvalue weighted by atomic mass is 10.00. The first-order chi connectivity index (χ1) is 18.9. The quantitative estimate of drug-likeness (QED) is 0.231. The van der Waals surface area contributed by atoms with Crippen molar-refractivity contribution in [2.45, 2.75) is 17.1 Å². The summed E-state index contributed by atoms with van der Waals surface area (Å²) in [6.07, 6.45) is 8.06. The molecule has 0 aliphatic carbocycles. The Morgan fingerprint density at radius 3 is 2.30 bits per heavy atom. The number of aromatic nitrogens is 3. The van der Waals surface area contributed by atoms with Gasteiger partial charge in [0.15, 0.2) is 19.7 Å². The molecule has 0 fully saturated rings. The van der Waals surface area contributed by atoms with Crippen LogP contribution >= 0.6 is 0 Å². The van der Waals surface area contributed by atoms with Gasteiger partial charge in [-0.2, -0.15) is 0 Å². The van der Waals surface area contributed by atoms with Crippen molar-refractivity contribution < 1.29 is 16.8 Å². The number of hydrogen-bond acceptors (Lipinski definition) is 6. The van der Waals surface area contributed by atoms with Crippen LogP contribution in [-0.4, -0.2) is 43.9 Å². The molecule has 0 aliphatic rings. The van der Waals surface area contributed by atoms with E-state index in [1.807, 2.05) is 78.5 Å². The van der Waals surface area contributed by atoms with E-state index in [0.717, 1.165) is 50.2 Å². The van der Waals surface area contributed by atoms with Crippen LogP contribution in [0.25, 0.3) is 33.8 Å². The first kappa shape index (κ1) is 27.5. The molecule has 0 saturated heterocycles. The molecule has 0 saturated carbocycles. The summed E-state index contributed by atoms with van der Waals surface area (Å²) in [5, 5.41) is 0.290. The molecular weight excluding hydrogens is 542 g/mol. The van der Waals surface area contributed by atoms with Gasteiger partial charge in [-0.25, -0.2) is 26.8 Å². The minimum atomic E-state index is -3.31. The summed E-state index contributed by atoms with van der Waals surface area (Å²) in [5.74, 6) is 0.750. The molecule has 0 amide bonds. The standard InChI is InChI=1S/C31H29N3O4S2/c1-21(39(3,35)36)24-10-14-30-26(20-24)11-15-29(33-30)25-7-5-6-22(18-25)19-28(31-32-16-17-34(31)2)23-8-12-27(13-9-23)40(4,37)38/h5-21H,1-4H3/b28-19-. The second-order valence-electron chi connectivity index (χ2n) is 9.96. The van der Waals surface area contributed by atoms with Gasteiger partial charge in [-0.1, -0.05) is 42.5 Å². The van der Waals surface area contributed by atoms with E-state index in [-0.39, 0.29) is 4.90 Å². The zero-order valence-electron chi connectivity index (χ0n) is 22.6. The van der Waals surface area contributed by atoms with Crippen LogP contribution in [0.3, 0.4) is 0 Å². The summed E-state index contributed by atoms with van der Waals surface area (Å²) in [6, 6.07) is 24.3. The van der Waals surface area contributed by atoms with Crippen molar-refractivity contribution in [2.75, 3.05) is 12.5 Å². The van der Waals surface area contributed by atoms with Crippen molar-refractivity contribution in [3.63, 3.8) is 0 Å². The van der Waals surface area contributed by atoms with Gasteiger partial charge in [0, 0.05) is 48.5 Å². The normalized spacial score (nSPS) is 13.4. The summed E-state index contributed by atoms with van der Waals surface area (Å²) in [6.45, 7) is 1.69. The second kappa shape index (κ2) is 10.5. The zero-order chi connectivity index (χ0) is 28.7. The Kier molecular flexibility index (Phi) is 7.20. The number of aryl methyl sites for hydroxylation is 1. The molecular formula is C31H29N3O4S2. The molecule has 0 spiro atoms. The summed E-state index contributed by atoms with van der Waals surface area (Å²) in [5.41, 5.74) is 5.87. The van der Waals surface area contributed by atoms with Gasteiger partial charge >= 0.3 is 0 Å². The van der Waals surface area contributed by atoms with E-state index < -0.39 is 24.9 Å². The van der Waals surface area contributed by atoms with Gasteiger partial charge in [-0.3, -0.25) is 0 Å². The average molecular weight is 572 g/mol. The molecule has 9 heteroatoms. The van der Waals surface area contributed by atoms with Crippen molar-refractivity contribution in [1.29, 1.82) is 0 Å². The predicted molar refractivity (Wildman–Crippen MR) is 160 cm³/mol. The Labute approximate surface area is 234 Å². The number of pyridine rings is 1. The fraction of sp³-hybridized carbons (Fsp3) is 0.161.